The maximum atomic E-state index is 12.7. The average Bonchev–Trinajstić information content (AvgIpc) is 3.17. The Morgan fingerprint density at radius 1 is 1.19 bits per heavy atom. The monoisotopic (exact) mass is 379 g/mol. The molecule has 1 unspecified atom stereocenters. The van der Waals surface area contributed by atoms with Gasteiger partial charge < -0.3 is 9.84 Å². The maximum absolute atomic E-state index is 12.7. The summed E-state index contributed by atoms with van der Waals surface area (Å²) in [5, 5.41) is 7.17. The molecule has 0 aliphatic heterocycles. The van der Waals surface area contributed by atoms with Crippen molar-refractivity contribution in [1.82, 2.24) is 24.6 Å². The molecule has 1 aromatic carbocycles. The fourth-order valence-corrected chi connectivity index (χ4v) is 2.99. The van der Waals surface area contributed by atoms with Gasteiger partial charge >= 0.3 is 5.69 Å². The molecule has 0 saturated heterocycles. The number of aryl methyl sites for hydroxylation is 3. The molecule has 0 spiro atoms. The molecule has 0 fully saturated rings. The molecule has 0 amide bonds. The molecule has 2 heterocycles. The van der Waals surface area contributed by atoms with Gasteiger partial charge in [-0.25, -0.2) is 4.79 Å². The number of likely N-dealkylation sites (N-methyl/N-ethyl adjacent to an activating group) is 1. The molecular formula is C18H26ClN5O2. The van der Waals surface area contributed by atoms with Crippen molar-refractivity contribution < 1.29 is 4.52 Å². The van der Waals surface area contributed by atoms with Crippen molar-refractivity contribution in [3.8, 4) is 0 Å². The first-order valence-electron chi connectivity index (χ1n) is 8.80. The molecular weight excluding hydrogens is 354 g/mol. The van der Waals surface area contributed by atoms with Crippen LogP contribution in [0.15, 0.2) is 33.6 Å². The van der Waals surface area contributed by atoms with Crippen LogP contribution in [0.5, 0.6) is 0 Å². The average molecular weight is 380 g/mol. The van der Waals surface area contributed by atoms with Crippen LogP contribution in [0.3, 0.4) is 0 Å². The number of aromatic nitrogens is 4. The minimum absolute atomic E-state index is 0. The number of nitrogens with one attached hydrogen (secondary N) is 1. The third-order valence-corrected chi connectivity index (χ3v) is 4.41. The number of imidazole rings is 1. The lowest BCUT2D eigenvalue weighted by atomic mass is 10.2. The van der Waals surface area contributed by atoms with E-state index in [1.54, 1.807) is 4.57 Å². The van der Waals surface area contributed by atoms with Gasteiger partial charge in [0.2, 0.25) is 5.89 Å². The molecule has 0 aliphatic carbocycles. The van der Waals surface area contributed by atoms with E-state index in [2.05, 4.69) is 29.3 Å². The molecule has 0 bridgehead atoms. The normalized spacial score (nSPS) is 12.3. The second kappa shape index (κ2) is 9.00. The topological polar surface area (TPSA) is 77.9 Å². The van der Waals surface area contributed by atoms with E-state index in [9.17, 15) is 4.79 Å². The summed E-state index contributed by atoms with van der Waals surface area (Å²) in [6.07, 6.45) is 2.18. The highest BCUT2D eigenvalue weighted by Gasteiger charge is 2.14. The molecule has 0 saturated carbocycles. The Morgan fingerprint density at radius 2 is 1.85 bits per heavy atom. The summed E-state index contributed by atoms with van der Waals surface area (Å²) in [5.41, 5.74) is 1.94. The summed E-state index contributed by atoms with van der Waals surface area (Å²) >= 11 is 0. The Balaban J connectivity index is 0.00000243. The zero-order valence-corrected chi connectivity index (χ0v) is 16.3. The number of halogens is 1. The van der Waals surface area contributed by atoms with Crippen LogP contribution in [-0.2, 0) is 25.9 Å². The molecule has 142 valence electrons. The van der Waals surface area contributed by atoms with Crippen molar-refractivity contribution in [2.24, 2.45) is 0 Å². The second-order valence-electron chi connectivity index (χ2n) is 6.32. The van der Waals surface area contributed by atoms with E-state index in [1.165, 1.54) is 0 Å². The number of fused-ring (bicyclic) bond motifs is 1. The fourth-order valence-electron chi connectivity index (χ4n) is 2.99. The molecule has 1 N–H and O–H groups in total. The van der Waals surface area contributed by atoms with Gasteiger partial charge in [-0.3, -0.25) is 9.13 Å². The molecule has 0 aliphatic rings. The Hall–Kier alpha value is -2.12. The summed E-state index contributed by atoms with van der Waals surface area (Å²) in [4.78, 5) is 17.2. The van der Waals surface area contributed by atoms with Gasteiger partial charge in [0, 0.05) is 32.0 Å². The molecule has 3 rings (SSSR count). The van der Waals surface area contributed by atoms with E-state index in [-0.39, 0.29) is 18.1 Å². The third kappa shape index (κ3) is 4.16. The molecule has 0 radical (unpaired) electrons. The number of nitrogens with zero attached hydrogens (tertiary/aromatic N) is 4. The van der Waals surface area contributed by atoms with Gasteiger partial charge in [0.25, 0.3) is 0 Å². The van der Waals surface area contributed by atoms with Crippen molar-refractivity contribution in [1.29, 1.82) is 0 Å². The van der Waals surface area contributed by atoms with Crippen LogP contribution in [0.4, 0.5) is 0 Å². The van der Waals surface area contributed by atoms with Gasteiger partial charge in [-0.1, -0.05) is 24.2 Å². The Kier molecular flexibility index (Phi) is 6.99. The summed E-state index contributed by atoms with van der Waals surface area (Å²) in [6, 6.07) is 8.19. The molecule has 26 heavy (non-hydrogen) atoms. The van der Waals surface area contributed by atoms with Crippen LogP contribution in [0.2, 0.25) is 0 Å². The van der Waals surface area contributed by atoms with E-state index in [0.717, 1.165) is 30.4 Å². The van der Waals surface area contributed by atoms with Crippen LogP contribution < -0.4 is 11.0 Å². The highest BCUT2D eigenvalue weighted by molar-refractivity contribution is 5.85. The summed E-state index contributed by atoms with van der Waals surface area (Å²) < 4.78 is 8.96. The van der Waals surface area contributed by atoms with Crippen molar-refractivity contribution in [3.05, 3.63) is 46.5 Å². The number of hydrogen-bond acceptors (Lipinski definition) is 5. The van der Waals surface area contributed by atoms with E-state index in [4.69, 9.17) is 4.52 Å². The Labute approximate surface area is 158 Å². The minimum atomic E-state index is 0. The van der Waals surface area contributed by atoms with Gasteiger partial charge in [0.05, 0.1) is 11.0 Å². The molecule has 2 aromatic heterocycles. The van der Waals surface area contributed by atoms with Crippen molar-refractivity contribution in [2.45, 2.75) is 52.2 Å². The minimum Gasteiger partial charge on any atom is -0.339 e. The smallest absolute Gasteiger partial charge is 0.329 e. The van der Waals surface area contributed by atoms with Crippen LogP contribution in [0.1, 0.15) is 32.0 Å². The summed E-state index contributed by atoms with van der Waals surface area (Å²) in [6.45, 7) is 5.39. The highest BCUT2D eigenvalue weighted by atomic mass is 35.5. The van der Waals surface area contributed by atoms with Crippen LogP contribution in [0, 0.1) is 0 Å². The standard InChI is InChI=1S/C18H25N5O2.ClH/c1-4-10-22-14-7-5-6-8-15(14)23(18(22)24)11-9-17-20-16(21-25-17)12-13(2)19-3;/h5-8,13,19H,4,9-12H2,1-3H3;1H. The first kappa shape index (κ1) is 20.2. The second-order valence-corrected chi connectivity index (χ2v) is 6.32. The lowest BCUT2D eigenvalue weighted by Crippen LogP contribution is -2.25. The Morgan fingerprint density at radius 3 is 2.46 bits per heavy atom. The van der Waals surface area contributed by atoms with Crippen LogP contribution in [0.25, 0.3) is 11.0 Å². The van der Waals surface area contributed by atoms with Gasteiger partial charge in [-0.15, -0.1) is 12.4 Å². The lowest BCUT2D eigenvalue weighted by molar-refractivity contribution is 0.365. The maximum Gasteiger partial charge on any atom is 0.329 e. The molecule has 3 aromatic rings. The van der Waals surface area contributed by atoms with E-state index in [0.29, 0.717) is 30.7 Å². The van der Waals surface area contributed by atoms with Gasteiger partial charge in [-0.05, 0) is 32.5 Å². The van der Waals surface area contributed by atoms with Gasteiger partial charge in [0.15, 0.2) is 5.82 Å². The van der Waals surface area contributed by atoms with Gasteiger partial charge in [0.1, 0.15) is 0 Å². The van der Waals surface area contributed by atoms with Crippen LogP contribution >= 0.6 is 12.4 Å². The predicted molar refractivity (Wildman–Crippen MR) is 104 cm³/mol. The number of para-hydroxylation sites is 2. The van der Waals surface area contributed by atoms with Crippen molar-refractivity contribution in [2.75, 3.05) is 7.05 Å². The van der Waals surface area contributed by atoms with Gasteiger partial charge in [-0.2, -0.15) is 4.98 Å². The lowest BCUT2D eigenvalue weighted by Gasteiger charge is -2.04. The van der Waals surface area contributed by atoms with E-state index in [1.807, 2.05) is 35.9 Å². The zero-order valence-electron chi connectivity index (χ0n) is 15.4. The number of benzene rings is 1. The first-order valence-corrected chi connectivity index (χ1v) is 8.80. The number of rotatable bonds is 8. The summed E-state index contributed by atoms with van der Waals surface area (Å²) in [7, 11) is 1.91. The van der Waals surface area contributed by atoms with Crippen molar-refractivity contribution in [3.63, 3.8) is 0 Å². The van der Waals surface area contributed by atoms with E-state index < -0.39 is 0 Å². The first-order chi connectivity index (χ1) is 12.1. The van der Waals surface area contributed by atoms with E-state index >= 15 is 0 Å². The van der Waals surface area contributed by atoms with Crippen molar-refractivity contribution >= 4 is 23.4 Å². The largest absolute Gasteiger partial charge is 0.339 e. The summed E-state index contributed by atoms with van der Waals surface area (Å²) in [5.74, 6) is 1.26. The highest BCUT2D eigenvalue weighted by Crippen LogP contribution is 2.14. The SMILES string of the molecule is CCCn1c(=O)n(CCc2nc(CC(C)NC)no2)c2ccccc21.Cl. The number of hydrogen-bond donors (Lipinski definition) is 1. The Bertz CT molecular complexity index is 899. The molecule has 7 nitrogen and oxygen atoms in total. The quantitative estimate of drug-likeness (QED) is 0.650. The van der Waals surface area contributed by atoms with Crippen LogP contribution in [-0.4, -0.2) is 32.4 Å². The molecule has 8 heteroatoms. The third-order valence-electron chi connectivity index (χ3n) is 4.41. The fraction of sp³-hybridized carbons (Fsp3) is 0.500. The zero-order chi connectivity index (χ0) is 17.8. The molecule has 1 atom stereocenters. The predicted octanol–water partition coefficient (Wildman–Crippen LogP) is 2.41.